The molecule has 0 unspecified atom stereocenters. The van der Waals surface area contributed by atoms with Crippen molar-refractivity contribution in [2.75, 3.05) is 46.4 Å². The van der Waals surface area contributed by atoms with Gasteiger partial charge in [0.2, 0.25) is 5.91 Å². The zero-order valence-electron chi connectivity index (χ0n) is 17.3. The van der Waals surface area contributed by atoms with Crippen LogP contribution >= 0.6 is 0 Å². The first-order valence-electron chi connectivity index (χ1n) is 10.3. The van der Waals surface area contributed by atoms with Gasteiger partial charge in [-0.1, -0.05) is 0 Å². The topological polar surface area (TPSA) is 79.7 Å². The molecule has 28 heavy (non-hydrogen) atoms. The number of rotatable bonds is 6. The number of carbonyl (C=O) groups excluding carboxylic acids is 2. The molecule has 0 radical (unpaired) electrons. The Balaban J connectivity index is 1.49. The van der Waals surface area contributed by atoms with Gasteiger partial charge in [-0.2, -0.15) is 5.10 Å². The summed E-state index contributed by atoms with van der Waals surface area (Å²) in [6.45, 7) is 6.40. The molecule has 3 heterocycles. The largest absolute Gasteiger partial charge is 0.383 e. The van der Waals surface area contributed by atoms with Crippen molar-refractivity contribution in [3.63, 3.8) is 0 Å². The number of hydrogen-bond donors (Lipinski definition) is 1. The van der Waals surface area contributed by atoms with E-state index >= 15 is 0 Å². The van der Waals surface area contributed by atoms with Crippen LogP contribution in [0.4, 0.5) is 0 Å². The second-order valence-corrected chi connectivity index (χ2v) is 7.94. The third-order valence-corrected chi connectivity index (χ3v) is 5.92. The van der Waals surface area contributed by atoms with Gasteiger partial charge < -0.3 is 15.0 Å². The summed E-state index contributed by atoms with van der Waals surface area (Å²) in [7, 11) is 3.46. The van der Waals surface area contributed by atoms with Crippen molar-refractivity contribution in [3.8, 4) is 0 Å². The second kappa shape index (κ2) is 9.52. The predicted octanol–water partition coefficient (Wildman–Crippen LogP) is 0.808. The van der Waals surface area contributed by atoms with Gasteiger partial charge in [0.15, 0.2) is 0 Å². The maximum Gasteiger partial charge on any atom is 0.272 e. The lowest BCUT2D eigenvalue weighted by atomic mass is 9.93. The number of nitrogens with one attached hydrogen (secondary N) is 1. The molecule has 2 amide bonds. The van der Waals surface area contributed by atoms with Gasteiger partial charge in [-0.05, 0) is 45.2 Å². The van der Waals surface area contributed by atoms with Crippen molar-refractivity contribution in [2.24, 2.45) is 13.0 Å². The molecule has 8 heteroatoms. The molecule has 2 saturated heterocycles. The number of amides is 2. The lowest BCUT2D eigenvalue weighted by Crippen LogP contribution is -2.51. The highest BCUT2D eigenvalue weighted by molar-refractivity contribution is 5.92. The summed E-state index contributed by atoms with van der Waals surface area (Å²) in [5.74, 6) is 0.263. The van der Waals surface area contributed by atoms with Crippen molar-refractivity contribution in [1.29, 1.82) is 0 Å². The molecule has 156 valence electrons. The van der Waals surface area contributed by atoms with Gasteiger partial charge in [0.1, 0.15) is 5.69 Å². The zero-order chi connectivity index (χ0) is 20.1. The average molecular weight is 392 g/mol. The van der Waals surface area contributed by atoms with E-state index in [9.17, 15) is 9.59 Å². The Labute approximate surface area is 167 Å². The van der Waals surface area contributed by atoms with Crippen LogP contribution in [0.3, 0.4) is 0 Å². The normalized spacial score (nSPS) is 21.7. The molecule has 2 fully saturated rings. The lowest BCUT2D eigenvalue weighted by Gasteiger charge is -2.42. The minimum atomic E-state index is 0.0580. The maximum atomic E-state index is 12.8. The Morgan fingerprint density at radius 3 is 2.64 bits per heavy atom. The molecule has 8 nitrogen and oxygen atoms in total. The van der Waals surface area contributed by atoms with E-state index in [1.807, 2.05) is 24.9 Å². The lowest BCUT2D eigenvalue weighted by molar-refractivity contribution is -0.127. The van der Waals surface area contributed by atoms with Crippen LogP contribution in [-0.2, 0) is 16.6 Å². The van der Waals surface area contributed by atoms with Gasteiger partial charge in [-0.15, -0.1) is 0 Å². The maximum absolute atomic E-state index is 12.8. The van der Waals surface area contributed by atoms with E-state index in [1.54, 1.807) is 11.8 Å². The molecular formula is C20H33N5O3. The fraction of sp³-hybridized carbons (Fsp3) is 0.750. The molecule has 2 aliphatic rings. The van der Waals surface area contributed by atoms with Gasteiger partial charge in [-0.3, -0.25) is 19.2 Å². The molecule has 1 N–H and O–H groups in total. The standard InChI is InChI=1S/C20H33N5O3/c1-15-13-18(23(2)22-15)20(27)24-10-6-17(7-11-24)25-9-4-5-16(14-25)19(26)21-8-12-28-3/h13,16-17H,4-12,14H2,1-3H3,(H,21,26)/t16-/m1/s1. The van der Waals surface area contributed by atoms with E-state index in [0.29, 0.717) is 24.9 Å². The highest BCUT2D eigenvalue weighted by Crippen LogP contribution is 2.24. The van der Waals surface area contributed by atoms with E-state index in [4.69, 9.17) is 4.74 Å². The van der Waals surface area contributed by atoms with Crippen LogP contribution in [0.2, 0.25) is 0 Å². The molecule has 0 aromatic carbocycles. The van der Waals surface area contributed by atoms with Gasteiger partial charge in [0.05, 0.1) is 18.2 Å². The monoisotopic (exact) mass is 391 g/mol. The predicted molar refractivity (Wildman–Crippen MR) is 106 cm³/mol. The third kappa shape index (κ3) is 4.91. The van der Waals surface area contributed by atoms with Crippen molar-refractivity contribution in [3.05, 3.63) is 17.5 Å². The first-order valence-corrected chi connectivity index (χ1v) is 10.3. The summed E-state index contributed by atoms with van der Waals surface area (Å²) < 4.78 is 6.67. The molecule has 1 aromatic rings. The van der Waals surface area contributed by atoms with Crippen molar-refractivity contribution in [1.82, 2.24) is 24.9 Å². The molecule has 0 bridgehead atoms. The number of carbonyl (C=O) groups is 2. The molecule has 2 aliphatic heterocycles. The highest BCUT2D eigenvalue weighted by Gasteiger charge is 2.33. The summed E-state index contributed by atoms with van der Waals surface area (Å²) in [5, 5.41) is 7.25. The average Bonchev–Trinajstić information content (AvgIpc) is 3.05. The molecule has 1 atom stereocenters. The van der Waals surface area contributed by atoms with Crippen LogP contribution in [-0.4, -0.2) is 83.9 Å². The van der Waals surface area contributed by atoms with E-state index in [1.165, 1.54) is 0 Å². The Morgan fingerprint density at radius 2 is 2.00 bits per heavy atom. The number of likely N-dealkylation sites (tertiary alicyclic amines) is 2. The molecule has 1 aromatic heterocycles. The Bertz CT molecular complexity index is 681. The number of aromatic nitrogens is 2. The van der Waals surface area contributed by atoms with Crippen LogP contribution in [0.25, 0.3) is 0 Å². The van der Waals surface area contributed by atoms with Crippen LogP contribution in [0.1, 0.15) is 41.9 Å². The van der Waals surface area contributed by atoms with Gasteiger partial charge in [0.25, 0.3) is 5.91 Å². The molecule has 0 saturated carbocycles. The Morgan fingerprint density at radius 1 is 1.25 bits per heavy atom. The smallest absolute Gasteiger partial charge is 0.272 e. The first-order chi connectivity index (χ1) is 13.5. The number of methoxy groups -OCH3 is 1. The fourth-order valence-corrected chi connectivity index (χ4v) is 4.38. The minimum Gasteiger partial charge on any atom is -0.383 e. The first kappa shape index (κ1) is 20.8. The van der Waals surface area contributed by atoms with Crippen LogP contribution < -0.4 is 5.32 Å². The quantitative estimate of drug-likeness (QED) is 0.726. The molecule has 3 rings (SSSR count). The zero-order valence-corrected chi connectivity index (χ0v) is 17.3. The van der Waals surface area contributed by atoms with Crippen molar-refractivity contribution >= 4 is 11.8 Å². The molecule has 0 aliphatic carbocycles. The Kier molecular flexibility index (Phi) is 7.07. The van der Waals surface area contributed by atoms with E-state index in [0.717, 1.165) is 57.6 Å². The third-order valence-electron chi connectivity index (χ3n) is 5.92. The van der Waals surface area contributed by atoms with E-state index in [-0.39, 0.29) is 17.7 Å². The number of aryl methyl sites for hydroxylation is 2. The van der Waals surface area contributed by atoms with Crippen molar-refractivity contribution in [2.45, 2.75) is 38.6 Å². The van der Waals surface area contributed by atoms with Crippen LogP contribution in [0, 0.1) is 12.8 Å². The van der Waals surface area contributed by atoms with Gasteiger partial charge >= 0.3 is 0 Å². The van der Waals surface area contributed by atoms with Crippen LogP contribution in [0.5, 0.6) is 0 Å². The summed E-state index contributed by atoms with van der Waals surface area (Å²) in [6, 6.07) is 2.30. The SMILES string of the molecule is COCCNC(=O)[C@@H]1CCCN(C2CCN(C(=O)c3cc(C)nn3C)CC2)C1. The second-order valence-electron chi connectivity index (χ2n) is 7.94. The molecular weight excluding hydrogens is 358 g/mol. The fourth-order valence-electron chi connectivity index (χ4n) is 4.38. The summed E-state index contributed by atoms with van der Waals surface area (Å²) in [4.78, 5) is 29.5. The summed E-state index contributed by atoms with van der Waals surface area (Å²) in [5.41, 5.74) is 1.52. The van der Waals surface area contributed by atoms with Crippen LogP contribution in [0.15, 0.2) is 6.07 Å². The van der Waals surface area contributed by atoms with E-state index < -0.39 is 0 Å². The van der Waals surface area contributed by atoms with Crippen molar-refractivity contribution < 1.29 is 14.3 Å². The Hall–Kier alpha value is -1.93. The number of piperidine rings is 2. The number of ether oxygens (including phenoxy) is 1. The minimum absolute atomic E-state index is 0.0580. The highest BCUT2D eigenvalue weighted by atomic mass is 16.5. The summed E-state index contributed by atoms with van der Waals surface area (Å²) in [6.07, 6.45) is 3.92. The number of nitrogens with zero attached hydrogens (tertiary/aromatic N) is 4. The number of hydrogen-bond acceptors (Lipinski definition) is 5. The van der Waals surface area contributed by atoms with Gasteiger partial charge in [0, 0.05) is 46.4 Å². The van der Waals surface area contributed by atoms with E-state index in [2.05, 4.69) is 15.3 Å². The van der Waals surface area contributed by atoms with Gasteiger partial charge in [-0.25, -0.2) is 0 Å². The molecule has 0 spiro atoms. The summed E-state index contributed by atoms with van der Waals surface area (Å²) >= 11 is 0.